The van der Waals surface area contributed by atoms with Crippen LogP contribution in [0.15, 0.2) is 18.3 Å². The summed E-state index contributed by atoms with van der Waals surface area (Å²) in [5.74, 6) is 0.484. The van der Waals surface area contributed by atoms with Crippen molar-refractivity contribution in [1.29, 1.82) is 0 Å². The number of amides is 1. The van der Waals surface area contributed by atoms with Crippen molar-refractivity contribution in [2.45, 2.75) is 33.4 Å². The van der Waals surface area contributed by atoms with E-state index in [0.29, 0.717) is 12.6 Å². The van der Waals surface area contributed by atoms with E-state index < -0.39 is 0 Å². The van der Waals surface area contributed by atoms with Crippen LogP contribution in [0.1, 0.15) is 26.3 Å². The SMILES string of the molecule is CCN(CC(N)=O)c1ncccc1CNC(C)C. The molecule has 0 spiro atoms. The van der Waals surface area contributed by atoms with E-state index in [1.165, 1.54) is 0 Å². The van der Waals surface area contributed by atoms with Gasteiger partial charge >= 0.3 is 0 Å². The van der Waals surface area contributed by atoms with Crippen molar-refractivity contribution in [3.63, 3.8) is 0 Å². The normalized spacial score (nSPS) is 10.7. The second-order valence-electron chi connectivity index (χ2n) is 4.50. The minimum Gasteiger partial charge on any atom is -0.368 e. The molecule has 100 valence electrons. The van der Waals surface area contributed by atoms with Gasteiger partial charge in [0.25, 0.3) is 0 Å². The first kappa shape index (κ1) is 14.4. The first-order valence-electron chi connectivity index (χ1n) is 6.25. The highest BCUT2D eigenvalue weighted by Gasteiger charge is 2.12. The molecule has 1 amide bonds. The third-order valence-corrected chi connectivity index (χ3v) is 2.60. The molecule has 0 radical (unpaired) electrons. The first-order valence-corrected chi connectivity index (χ1v) is 6.25. The molecule has 0 aliphatic carbocycles. The van der Waals surface area contributed by atoms with Crippen LogP contribution < -0.4 is 16.0 Å². The van der Waals surface area contributed by atoms with Crippen molar-refractivity contribution in [2.24, 2.45) is 5.73 Å². The minimum atomic E-state index is -0.342. The Kier molecular flexibility index (Phi) is 5.58. The number of rotatable bonds is 7. The highest BCUT2D eigenvalue weighted by Crippen LogP contribution is 2.16. The van der Waals surface area contributed by atoms with Gasteiger partial charge in [-0.2, -0.15) is 0 Å². The van der Waals surface area contributed by atoms with E-state index in [9.17, 15) is 4.79 Å². The standard InChI is InChI=1S/C13H22N4O/c1-4-17(9-12(14)18)13-11(6-5-7-15-13)8-16-10(2)3/h5-7,10,16H,4,8-9H2,1-3H3,(H2,14,18). The predicted octanol–water partition coefficient (Wildman–Crippen LogP) is 0.891. The lowest BCUT2D eigenvalue weighted by Gasteiger charge is -2.23. The molecule has 5 nitrogen and oxygen atoms in total. The number of aromatic nitrogens is 1. The number of carbonyl (C=O) groups is 1. The van der Waals surface area contributed by atoms with Gasteiger partial charge in [-0.1, -0.05) is 19.9 Å². The van der Waals surface area contributed by atoms with Crippen LogP contribution in [0.2, 0.25) is 0 Å². The molecule has 0 aromatic carbocycles. The lowest BCUT2D eigenvalue weighted by atomic mass is 10.2. The van der Waals surface area contributed by atoms with Gasteiger partial charge in [0, 0.05) is 30.9 Å². The Morgan fingerprint density at radius 2 is 2.28 bits per heavy atom. The summed E-state index contributed by atoms with van der Waals surface area (Å²) in [6.07, 6.45) is 1.73. The Labute approximate surface area is 108 Å². The van der Waals surface area contributed by atoms with Gasteiger partial charge in [-0.05, 0) is 13.0 Å². The predicted molar refractivity (Wildman–Crippen MR) is 73.3 cm³/mol. The second kappa shape index (κ2) is 6.96. The van der Waals surface area contributed by atoms with Gasteiger partial charge in [0.15, 0.2) is 0 Å². The minimum absolute atomic E-state index is 0.197. The molecule has 1 heterocycles. The summed E-state index contributed by atoms with van der Waals surface area (Å²) >= 11 is 0. The van der Waals surface area contributed by atoms with Gasteiger partial charge in [-0.25, -0.2) is 4.98 Å². The molecule has 18 heavy (non-hydrogen) atoms. The lowest BCUT2D eigenvalue weighted by molar-refractivity contribution is -0.116. The third-order valence-electron chi connectivity index (χ3n) is 2.60. The molecule has 3 N–H and O–H groups in total. The van der Waals surface area contributed by atoms with Gasteiger partial charge in [-0.15, -0.1) is 0 Å². The van der Waals surface area contributed by atoms with Gasteiger partial charge in [0.2, 0.25) is 5.91 Å². The molecule has 5 heteroatoms. The van der Waals surface area contributed by atoms with Crippen molar-refractivity contribution in [2.75, 3.05) is 18.0 Å². The maximum Gasteiger partial charge on any atom is 0.236 e. The fourth-order valence-corrected chi connectivity index (χ4v) is 1.69. The van der Waals surface area contributed by atoms with E-state index >= 15 is 0 Å². The number of nitrogens with two attached hydrogens (primary N) is 1. The maximum atomic E-state index is 11.1. The van der Waals surface area contributed by atoms with Crippen LogP contribution >= 0.6 is 0 Å². The largest absolute Gasteiger partial charge is 0.368 e. The molecule has 1 aromatic rings. The van der Waals surface area contributed by atoms with E-state index in [-0.39, 0.29) is 12.5 Å². The summed E-state index contributed by atoms with van der Waals surface area (Å²) in [6.45, 7) is 7.80. The molecule has 0 saturated heterocycles. The molecule has 0 unspecified atom stereocenters. The zero-order chi connectivity index (χ0) is 13.5. The van der Waals surface area contributed by atoms with Crippen molar-refractivity contribution in [3.8, 4) is 0 Å². The van der Waals surface area contributed by atoms with Crippen LogP contribution in [-0.4, -0.2) is 30.0 Å². The number of carbonyl (C=O) groups excluding carboxylic acids is 1. The molecule has 0 aliphatic rings. The van der Waals surface area contributed by atoms with Crippen molar-refractivity contribution in [1.82, 2.24) is 10.3 Å². The molecule has 1 aromatic heterocycles. The highest BCUT2D eigenvalue weighted by molar-refractivity contribution is 5.79. The summed E-state index contributed by atoms with van der Waals surface area (Å²) in [6, 6.07) is 4.32. The first-order chi connectivity index (χ1) is 8.54. The fourth-order valence-electron chi connectivity index (χ4n) is 1.69. The quantitative estimate of drug-likeness (QED) is 0.754. The number of nitrogens with one attached hydrogen (secondary N) is 1. The summed E-state index contributed by atoms with van der Waals surface area (Å²) in [7, 11) is 0. The lowest BCUT2D eigenvalue weighted by Crippen LogP contribution is -2.35. The van der Waals surface area contributed by atoms with E-state index in [4.69, 9.17) is 5.73 Å². The number of likely N-dealkylation sites (N-methyl/N-ethyl adjacent to an activating group) is 1. The molecular formula is C13H22N4O. The smallest absolute Gasteiger partial charge is 0.236 e. The molecule has 1 rings (SSSR count). The van der Waals surface area contributed by atoms with Crippen molar-refractivity contribution < 1.29 is 4.79 Å². The van der Waals surface area contributed by atoms with Gasteiger partial charge < -0.3 is 16.0 Å². The van der Waals surface area contributed by atoms with Crippen LogP contribution in [0.4, 0.5) is 5.82 Å². The molecular weight excluding hydrogens is 228 g/mol. The zero-order valence-corrected chi connectivity index (χ0v) is 11.3. The van der Waals surface area contributed by atoms with Crippen molar-refractivity contribution in [3.05, 3.63) is 23.9 Å². The number of hydrogen-bond acceptors (Lipinski definition) is 4. The van der Waals surface area contributed by atoms with E-state index in [0.717, 1.165) is 17.9 Å². The Morgan fingerprint density at radius 1 is 1.56 bits per heavy atom. The molecule has 0 fully saturated rings. The number of primary amides is 1. The number of anilines is 1. The topological polar surface area (TPSA) is 71.2 Å². The molecule has 0 saturated carbocycles. The zero-order valence-electron chi connectivity index (χ0n) is 11.3. The average Bonchev–Trinajstić information content (AvgIpc) is 2.33. The second-order valence-corrected chi connectivity index (χ2v) is 4.50. The fraction of sp³-hybridized carbons (Fsp3) is 0.538. The summed E-state index contributed by atoms with van der Waals surface area (Å²) in [4.78, 5) is 17.3. The van der Waals surface area contributed by atoms with Gasteiger partial charge in [-0.3, -0.25) is 4.79 Å². The monoisotopic (exact) mass is 250 g/mol. The highest BCUT2D eigenvalue weighted by atomic mass is 16.1. The van der Waals surface area contributed by atoms with Gasteiger partial charge in [0.1, 0.15) is 5.82 Å². The van der Waals surface area contributed by atoms with Crippen LogP contribution in [0.25, 0.3) is 0 Å². The molecule has 0 bridgehead atoms. The summed E-state index contributed by atoms with van der Waals surface area (Å²) in [5, 5.41) is 3.35. The van der Waals surface area contributed by atoms with Crippen LogP contribution in [0.5, 0.6) is 0 Å². The summed E-state index contributed by atoms with van der Waals surface area (Å²) in [5.41, 5.74) is 6.33. The third kappa shape index (κ3) is 4.33. The van der Waals surface area contributed by atoms with Crippen LogP contribution in [0, 0.1) is 0 Å². The Hall–Kier alpha value is -1.62. The number of nitrogens with zero attached hydrogens (tertiary/aromatic N) is 2. The Morgan fingerprint density at radius 3 is 2.83 bits per heavy atom. The van der Waals surface area contributed by atoms with Crippen LogP contribution in [0.3, 0.4) is 0 Å². The summed E-state index contributed by atoms with van der Waals surface area (Å²) < 4.78 is 0. The average molecular weight is 250 g/mol. The van der Waals surface area contributed by atoms with Crippen molar-refractivity contribution >= 4 is 11.7 Å². The molecule has 0 aliphatic heterocycles. The van der Waals surface area contributed by atoms with Crippen LogP contribution in [-0.2, 0) is 11.3 Å². The van der Waals surface area contributed by atoms with Gasteiger partial charge in [0.05, 0.1) is 6.54 Å². The van der Waals surface area contributed by atoms with E-state index in [1.807, 2.05) is 24.0 Å². The Balaban J connectivity index is 2.88. The van der Waals surface area contributed by atoms with E-state index in [1.54, 1.807) is 6.20 Å². The van der Waals surface area contributed by atoms with E-state index in [2.05, 4.69) is 24.1 Å². The number of hydrogen-bond donors (Lipinski definition) is 2. The Bertz CT molecular complexity index is 392. The number of pyridine rings is 1. The molecule has 0 atom stereocenters. The maximum absolute atomic E-state index is 11.1.